The van der Waals surface area contributed by atoms with Crippen molar-refractivity contribution in [2.75, 3.05) is 0 Å². The Kier molecular flexibility index (Phi) is 5.17. The minimum Gasteiger partial charge on any atom is -0.409 e. The van der Waals surface area contributed by atoms with Gasteiger partial charge in [-0.15, -0.1) is 0 Å². The number of hydrogen-bond acceptors (Lipinski definition) is 3. The molecule has 0 saturated heterocycles. The molecule has 0 bridgehead atoms. The van der Waals surface area contributed by atoms with E-state index in [0.717, 1.165) is 5.56 Å². The summed E-state index contributed by atoms with van der Waals surface area (Å²) in [6.45, 7) is 3.69. The predicted molar refractivity (Wildman–Crippen MR) is 70.5 cm³/mol. The van der Waals surface area contributed by atoms with Gasteiger partial charge >= 0.3 is 0 Å². The first-order valence-electron chi connectivity index (χ1n) is 5.85. The molecule has 1 aromatic rings. The van der Waals surface area contributed by atoms with Crippen molar-refractivity contribution in [1.29, 1.82) is 0 Å². The zero-order valence-corrected chi connectivity index (χ0v) is 10.7. The molecule has 0 aromatic heterocycles. The molecule has 0 radical (unpaired) electrons. The SMILES string of the molecule is Cc1ccc(CCC(=O)NC(C)C(N)=NO)cc1. The van der Waals surface area contributed by atoms with E-state index in [2.05, 4.69) is 10.5 Å². The lowest BCUT2D eigenvalue weighted by molar-refractivity contribution is -0.121. The van der Waals surface area contributed by atoms with E-state index in [1.54, 1.807) is 6.92 Å². The molecule has 1 unspecified atom stereocenters. The van der Waals surface area contributed by atoms with E-state index in [1.807, 2.05) is 31.2 Å². The van der Waals surface area contributed by atoms with Crippen LogP contribution in [0.1, 0.15) is 24.5 Å². The van der Waals surface area contributed by atoms with Crippen LogP contribution in [0.15, 0.2) is 29.4 Å². The van der Waals surface area contributed by atoms with E-state index in [0.29, 0.717) is 12.8 Å². The quantitative estimate of drug-likeness (QED) is 0.317. The van der Waals surface area contributed by atoms with Crippen molar-refractivity contribution >= 4 is 11.7 Å². The Labute approximate surface area is 107 Å². The number of carbonyl (C=O) groups is 1. The second kappa shape index (κ2) is 6.64. The van der Waals surface area contributed by atoms with E-state index in [-0.39, 0.29) is 11.7 Å². The van der Waals surface area contributed by atoms with Gasteiger partial charge in [0.1, 0.15) is 0 Å². The zero-order chi connectivity index (χ0) is 13.5. The maximum atomic E-state index is 11.6. The minimum absolute atomic E-state index is 0.00122. The van der Waals surface area contributed by atoms with Crippen LogP contribution in [0.25, 0.3) is 0 Å². The topological polar surface area (TPSA) is 87.7 Å². The molecule has 4 N–H and O–H groups in total. The Morgan fingerprint density at radius 2 is 2.06 bits per heavy atom. The van der Waals surface area contributed by atoms with Crippen LogP contribution in [-0.4, -0.2) is 23.0 Å². The largest absolute Gasteiger partial charge is 0.409 e. The molecule has 0 aliphatic carbocycles. The van der Waals surface area contributed by atoms with Gasteiger partial charge in [-0.2, -0.15) is 0 Å². The van der Waals surface area contributed by atoms with Crippen LogP contribution < -0.4 is 11.1 Å². The van der Waals surface area contributed by atoms with Crippen molar-refractivity contribution in [2.24, 2.45) is 10.9 Å². The van der Waals surface area contributed by atoms with Gasteiger partial charge in [-0.3, -0.25) is 4.79 Å². The van der Waals surface area contributed by atoms with Crippen molar-refractivity contribution in [3.63, 3.8) is 0 Å². The van der Waals surface area contributed by atoms with Gasteiger partial charge in [0.2, 0.25) is 5.91 Å². The van der Waals surface area contributed by atoms with E-state index >= 15 is 0 Å². The predicted octanol–water partition coefficient (Wildman–Crippen LogP) is 1.18. The second-order valence-electron chi connectivity index (χ2n) is 4.30. The number of nitrogens with zero attached hydrogens (tertiary/aromatic N) is 1. The van der Waals surface area contributed by atoms with Gasteiger partial charge in [0.05, 0.1) is 6.04 Å². The van der Waals surface area contributed by atoms with Crippen molar-refractivity contribution in [3.05, 3.63) is 35.4 Å². The molecule has 1 aromatic carbocycles. The summed E-state index contributed by atoms with van der Waals surface area (Å²) in [5, 5.41) is 14.0. The van der Waals surface area contributed by atoms with Crippen molar-refractivity contribution in [1.82, 2.24) is 5.32 Å². The maximum absolute atomic E-state index is 11.6. The molecule has 1 atom stereocenters. The van der Waals surface area contributed by atoms with Gasteiger partial charge in [-0.05, 0) is 25.8 Å². The summed E-state index contributed by atoms with van der Waals surface area (Å²) < 4.78 is 0. The Hall–Kier alpha value is -2.04. The van der Waals surface area contributed by atoms with Gasteiger partial charge in [0.15, 0.2) is 5.84 Å². The summed E-state index contributed by atoms with van der Waals surface area (Å²) >= 11 is 0. The lowest BCUT2D eigenvalue weighted by Gasteiger charge is -2.12. The molecule has 5 heteroatoms. The number of nitrogens with one attached hydrogen (secondary N) is 1. The minimum atomic E-state index is -0.458. The molecule has 0 aliphatic heterocycles. The average Bonchev–Trinajstić information content (AvgIpc) is 2.37. The van der Waals surface area contributed by atoms with Gasteiger partial charge in [0.25, 0.3) is 0 Å². The van der Waals surface area contributed by atoms with Gasteiger partial charge < -0.3 is 16.3 Å². The van der Waals surface area contributed by atoms with Crippen LogP contribution in [0.4, 0.5) is 0 Å². The third-order valence-corrected chi connectivity index (χ3v) is 2.70. The van der Waals surface area contributed by atoms with Gasteiger partial charge in [0, 0.05) is 6.42 Å². The van der Waals surface area contributed by atoms with Crippen molar-refractivity contribution < 1.29 is 10.0 Å². The highest BCUT2D eigenvalue weighted by molar-refractivity contribution is 5.89. The molecule has 98 valence electrons. The molecular weight excluding hydrogens is 230 g/mol. The van der Waals surface area contributed by atoms with Crippen LogP contribution in [0.5, 0.6) is 0 Å². The van der Waals surface area contributed by atoms with E-state index in [9.17, 15) is 4.79 Å². The van der Waals surface area contributed by atoms with Crippen LogP contribution in [0, 0.1) is 6.92 Å². The first kappa shape index (κ1) is 14.0. The highest BCUT2D eigenvalue weighted by Gasteiger charge is 2.10. The Morgan fingerprint density at radius 1 is 1.44 bits per heavy atom. The van der Waals surface area contributed by atoms with Gasteiger partial charge in [-0.25, -0.2) is 0 Å². The number of benzene rings is 1. The Bertz CT molecular complexity index is 426. The summed E-state index contributed by atoms with van der Waals surface area (Å²) in [5.74, 6) is -0.117. The summed E-state index contributed by atoms with van der Waals surface area (Å²) in [6, 6.07) is 7.60. The fourth-order valence-corrected chi connectivity index (χ4v) is 1.49. The van der Waals surface area contributed by atoms with Crippen LogP contribution in [-0.2, 0) is 11.2 Å². The van der Waals surface area contributed by atoms with Crippen LogP contribution in [0.2, 0.25) is 0 Å². The number of nitrogens with two attached hydrogens (primary N) is 1. The smallest absolute Gasteiger partial charge is 0.220 e. The second-order valence-corrected chi connectivity index (χ2v) is 4.30. The van der Waals surface area contributed by atoms with Gasteiger partial charge in [-0.1, -0.05) is 35.0 Å². The molecule has 1 rings (SSSR count). The zero-order valence-electron chi connectivity index (χ0n) is 10.7. The number of aryl methyl sites for hydroxylation is 2. The lowest BCUT2D eigenvalue weighted by atomic mass is 10.1. The molecule has 0 spiro atoms. The summed E-state index contributed by atoms with van der Waals surface area (Å²) in [6.07, 6.45) is 1.06. The van der Waals surface area contributed by atoms with E-state index in [1.165, 1.54) is 5.56 Å². The fraction of sp³-hybridized carbons (Fsp3) is 0.385. The molecule has 5 nitrogen and oxygen atoms in total. The molecule has 1 amide bonds. The molecule has 0 heterocycles. The molecular formula is C13H19N3O2. The van der Waals surface area contributed by atoms with Crippen molar-refractivity contribution in [3.8, 4) is 0 Å². The molecule has 0 saturated carbocycles. The van der Waals surface area contributed by atoms with Crippen LogP contribution >= 0.6 is 0 Å². The Morgan fingerprint density at radius 3 is 2.61 bits per heavy atom. The van der Waals surface area contributed by atoms with E-state index < -0.39 is 6.04 Å². The van der Waals surface area contributed by atoms with Crippen molar-refractivity contribution in [2.45, 2.75) is 32.7 Å². The molecule has 0 fully saturated rings. The number of amides is 1. The number of rotatable bonds is 5. The lowest BCUT2D eigenvalue weighted by Crippen LogP contribution is -2.42. The monoisotopic (exact) mass is 249 g/mol. The summed E-state index contributed by atoms with van der Waals surface area (Å²) in [5.41, 5.74) is 7.69. The summed E-state index contributed by atoms with van der Waals surface area (Å²) in [7, 11) is 0. The standard InChI is InChI=1S/C13H19N3O2/c1-9-3-5-11(6-4-9)7-8-12(17)15-10(2)13(14)16-18/h3-6,10,18H,7-8H2,1-2H3,(H2,14,16)(H,15,17). The number of hydrogen-bond donors (Lipinski definition) is 3. The molecule has 18 heavy (non-hydrogen) atoms. The first-order chi connectivity index (χ1) is 8.52. The maximum Gasteiger partial charge on any atom is 0.220 e. The normalized spacial score (nSPS) is 13.1. The highest BCUT2D eigenvalue weighted by atomic mass is 16.4. The third-order valence-electron chi connectivity index (χ3n) is 2.70. The first-order valence-corrected chi connectivity index (χ1v) is 5.85. The average molecular weight is 249 g/mol. The Balaban J connectivity index is 2.40. The third kappa shape index (κ3) is 4.45. The number of oxime groups is 1. The highest BCUT2D eigenvalue weighted by Crippen LogP contribution is 2.05. The molecule has 0 aliphatic rings. The van der Waals surface area contributed by atoms with Crippen LogP contribution in [0.3, 0.4) is 0 Å². The number of amidine groups is 1. The fourth-order valence-electron chi connectivity index (χ4n) is 1.49. The number of carbonyl (C=O) groups excluding carboxylic acids is 1. The summed E-state index contributed by atoms with van der Waals surface area (Å²) in [4.78, 5) is 11.6. The van der Waals surface area contributed by atoms with E-state index in [4.69, 9.17) is 10.9 Å².